The van der Waals surface area contributed by atoms with Crippen LogP contribution in [-0.2, 0) is 19.7 Å². The van der Waals surface area contributed by atoms with Gasteiger partial charge in [-0.2, -0.15) is 4.63 Å². The standard InChI is InChI=1S/C20H23Cl2N5O3/c1-10-8-11(23-13(28)6-7-14(29)30-5)9-12(21)15(10)18-24-19-16(22)17(20(2,3)4)25-27(19)26-18/h8-9,25H,6-7H2,1-5H3,(H,23,28). The minimum absolute atomic E-state index is 0.00902. The van der Waals surface area contributed by atoms with Crippen molar-refractivity contribution in [3.05, 3.63) is 33.4 Å². The zero-order chi connectivity index (χ0) is 22.2. The summed E-state index contributed by atoms with van der Waals surface area (Å²) < 4.78 is 6.08. The van der Waals surface area contributed by atoms with E-state index in [0.717, 1.165) is 11.3 Å². The number of carbonyl (C=O) groups is 2. The number of aromatic amines is 1. The summed E-state index contributed by atoms with van der Waals surface area (Å²) in [6, 6.07) is 3.40. The number of benzene rings is 1. The highest BCUT2D eigenvalue weighted by Crippen LogP contribution is 2.35. The Morgan fingerprint density at radius 2 is 1.93 bits per heavy atom. The van der Waals surface area contributed by atoms with E-state index in [1.807, 2.05) is 27.7 Å². The Bertz CT molecular complexity index is 1100. The molecule has 2 aromatic heterocycles. The van der Waals surface area contributed by atoms with Gasteiger partial charge >= 0.3 is 5.97 Å². The molecule has 2 N–H and O–H groups in total. The number of anilines is 1. The number of aromatic nitrogens is 4. The highest BCUT2D eigenvalue weighted by atomic mass is 35.5. The molecule has 0 saturated carbocycles. The zero-order valence-electron chi connectivity index (χ0n) is 17.4. The summed E-state index contributed by atoms with van der Waals surface area (Å²) in [4.78, 5) is 27.8. The van der Waals surface area contributed by atoms with Crippen molar-refractivity contribution in [3.8, 4) is 11.4 Å². The molecule has 8 nitrogen and oxygen atoms in total. The first-order chi connectivity index (χ1) is 14.0. The van der Waals surface area contributed by atoms with Crippen molar-refractivity contribution in [1.29, 1.82) is 0 Å². The van der Waals surface area contributed by atoms with E-state index in [2.05, 4.69) is 25.2 Å². The van der Waals surface area contributed by atoms with Gasteiger partial charge in [-0.15, -0.1) is 5.10 Å². The number of hydrogen-bond donors (Lipinski definition) is 2. The van der Waals surface area contributed by atoms with E-state index in [1.54, 1.807) is 12.1 Å². The van der Waals surface area contributed by atoms with Crippen molar-refractivity contribution < 1.29 is 14.3 Å². The first kappa shape index (κ1) is 22.1. The molecule has 0 saturated heterocycles. The second-order valence-corrected chi connectivity index (χ2v) is 8.78. The Morgan fingerprint density at radius 3 is 2.50 bits per heavy atom. The Morgan fingerprint density at radius 1 is 1.23 bits per heavy atom. The van der Waals surface area contributed by atoms with E-state index in [4.69, 9.17) is 23.2 Å². The molecule has 0 bridgehead atoms. The number of nitrogens with one attached hydrogen (secondary N) is 2. The van der Waals surface area contributed by atoms with Gasteiger partial charge in [0.25, 0.3) is 0 Å². The van der Waals surface area contributed by atoms with Gasteiger partial charge in [0.1, 0.15) is 5.02 Å². The lowest BCUT2D eigenvalue weighted by molar-refractivity contribution is -0.141. The first-order valence-electron chi connectivity index (χ1n) is 9.33. The number of halogens is 2. The van der Waals surface area contributed by atoms with Gasteiger partial charge in [0, 0.05) is 23.1 Å². The van der Waals surface area contributed by atoms with Crippen LogP contribution < -0.4 is 5.32 Å². The van der Waals surface area contributed by atoms with Crippen molar-refractivity contribution in [2.24, 2.45) is 0 Å². The number of ether oxygens (including phenoxy) is 1. The fraction of sp³-hybridized carbons (Fsp3) is 0.400. The van der Waals surface area contributed by atoms with Crippen LogP contribution >= 0.6 is 23.2 Å². The highest BCUT2D eigenvalue weighted by Gasteiger charge is 2.25. The molecule has 160 valence electrons. The second-order valence-electron chi connectivity index (χ2n) is 8.00. The second kappa shape index (κ2) is 8.28. The maximum absolute atomic E-state index is 12.0. The molecular weight excluding hydrogens is 429 g/mol. The molecule has 1 amide bonds. The third-order valence-electron chi connectivity index (χ3n) is 4.57. The molecule has 0 unspecified atom stereocenters. The van der Waals surface area contributed by atoms with Gasteiger partial charge in [0.05, 0.1) is 24.2 Å². The minimum atomic E-state index is -0.440. The number of carbonyl (C=O) groups excluding carboxylic acids is 2. The predicted molar refractivity (Wildman–Crippen MR) is 116 cm³/mol. The Labute approximate surface area is 183 Å². The van der Waals surface area contributed by atoms with Gasteiger partial charge in [0.2, 0.25) is 5.91 Å². The lowest BCUT2D eigenvalue weighted by Gasteiger charge is -2.16. The number of fused-ring (bicyclic) bond motifs is 1. The molecule has 0 spiro atoms. The number of amides is 1. The predicted octanol–water partition coefficient (Wildman–Crippen LogP) is 4.53. The van der Waals surface area contributed by atoms with E-state index in [9.17, 15) is 9.59 Å². The molecule has 0 radical (unpaired) electrons. The molecule has 0 aliphatic carbocycles. The van der Waals surface area contributed by atoms with Crippen molar-refractivity contribution >= 4 is 46.4 Å². The third kappa shape index (κ3) is 4.44. The van der Waals surface area contributed by atoms with Gasteiger partial charge in [-0.1, -0.05) is 44.0 Å². The number of nitrogens with zero attached hydrogens (tertiary/aromatic N) is 3. The van der Waals surface area contributed by atoms with Crippen LogP contribution in [0.3, 0.4) is 0 Å². The monoisotopic (exact) mass is 451 g/mol. The van der Waals surface area contributed by atoms with Gasteiger partial charge < -0.3 is 10.1 Å². The number of rotatable bonds is 5. The van der Waals surface area contributed by atoms with E-state index in [0.29, 0.717) is 32.8 Å². The average Bonchev–Trinajstić information content (AvgIpc) is 3.18. The minimum Gasteiger partial charge on any atom is -0.469 e. The molecule has 2 heterocycles. The molecule has 0 fully saturated rings. The maximum Gasteiger partial charge on any atom is 0.306 e. The van der Waals surface area contributed by atoms with Crippen LogP contribution in [0.15, 0.2) is 12.1 Å². The smallest absolute Gasteiger partial charge is 0.306 e. The Kier molecular flexibility index (Phi) is 6.10. The number of hydrogen-bond acceptors (Lipinski definition) is 5. The van der Waals surface area contributed by atoms with Gasteiger partial charge in [-0.3, -0.25) is 14.7 Å². The fourth-order valence-electron chi connectivity index (χ4n) is 3.04. The molecule has 30 heavy (non-hydrogen) atoms. The summed E-state index contributed by atoms with van der Waals surface area (Å²) in [6.07, 6.45) is 0.0299. The molecular formula is C20H23Cl2N5O3. The highest BCUT2D eigenvalue weighted by molar-refractivity contribution is 6.34. The Hall–Kier alpha value is -2.58. The first-order valence-corrected chi connectivity index (χ1v) is 10.1. The van der Waals surface area contributed by atoms with Crippen LogP contribution in [0, 0.1) is 6.92 Å². The third-order valence-corrected chi connectivity index (χ3v) is 5.23. The van der Waals surface area contributed by atoms with Crippen LogP contribution in [0.2, 0.25) is 10.0 Å². The summed E-state index contributed by atoms with van der Waals surface area (Å²) in [5, 5.41) is 11.3. The normalized spacial score (nSPS) is 11.7. The van der Waals surface area contributed by atoms with Gasteiger partial charge in [-0.05, 0) is 24.6 Å². The van der Waals surface area contributed by atoms with E-state index >= 15 is 0 Å². The molecule has 0 aliphatic heterocycles. The lowest BCUT2D eigenvalue weighted by atomic mass is 9.92. The number of methoxy groups -OCH3 is 1. The lowest BCUT2D eigenvalue weighted by Crippen LogP contribution is -2.14. The summed E-state index contributed by atoms with van der Waals surface area (Å²) in [5.74, 6) is -0.322. The summed E-state index contributed by atoms with van der Waals surface area (Å²) in [7, 11) is 1.28. The number of aryl methyl sites for hydroxylation is 1. The zero-order valence-corrected chi connectivity index (χ0v) is 18.9. The van der Waals surface area contributed by atoms with Crippen LogP contribution in [0.4, 0.5) is 5.69 Å². The number of H-pyrrole nitrogens is 1. The van der Waals surface area contributed by atoms with Crippen LogP contribution in [-0.4, -0.2) is 38.8 Å². The van der Waals surface area contributed by atoms with Crippen LogP contribution in [0.5, 0.6) is 0 Å². The Balaban J connectivity index is 1.87. The van der Waals surface area contributed by atoms with Crippen molar-refractivity contribution in [2.45, 2.75) is 46.0 Å². The summed E-state index contributed by atoms with van der Waals surface area (Å²) in [6.45, 7) is 7.99. The summed E-state index contributed by atoms with van der Waals surface area (Å²) >= 11 is 13.0. The van der Waals surface area contributed by atoms with Crippen molar-refractivity contribution in [3.63, 3.8) is 0 Å². The molecule has 0 aliphatic rings. The van der Waals surface area contributed by atoms with Gasteiger partial charge in [-0.25, -0.2) is 4.98 Å². The van der Waals surface area contributed by atoms with E-state index < -0.39 is 5.97 Å². The average molecular weight is 452 g/mol. The molecule has 3 aromatic rings. The van der Waals surface area contributed by atoms with Crippen LogP contribution in [0.1, 0.15) is 44.9 Å². The van der Waals surface area contributed by atoms with Crippen molar-refractivity contribution in [1.82, 2.24) is 19.8 Å². The SMILES string of the molecule is COC(=O)CCC(=O)Nc1cc(C)c(-c2nc3c(Cl)c(C(C)(C)C)[nH]n3n2)c(Cl)c1. The topological polar surface area (TPSA) is 101 Å². The van der Waals surface area contributed by atoms with E-state index in [1.165, 1.54) is 11.7 Å². The quantitative estimate of drug-likeness (QED) is 0.554. The molecule has 1 aromatic carbocycles. The molecule has 3 rings (SSSR count). The van der Waals surface area contributed by atoms with E-state index in [-0.39, 0.29) is 24.2 Å². The molecule has 0 atom stereocenters. The largest absolute Gasteiger partial charge is 0.469 e. The molecule has 10 heteroatoms. The van der Waals surface area contributed by atoms with Crippen molar-refractivity contribution in [2.75, 3.05) is 12.4 Å². The number of esters is 1. The van der Waals surface area contributed by atoms with Gasteiger partial charge in [0.15, 0.2) is 11.5 Å². The fourth-order valence-corrected chi connectivity index (χ4v) is 3.84. The van der Waals surface area contributed by atoms with Crippen LogP contribution in [0.25, 0.3) is 17.0 Å². The maximum atomic E-state index is 12.0. The summed E-state index contributed by atoms with van der Waals surface area (Å²) in [5.41, 5.74) is 3.14.